The number of aromatic nitrogens is 1. The maximum atomic E-state index is 13.5. The molecule has 0 spiro atoms. The highest BCUT2D eigenvalue weighted by atomic mass is 35.5. The minimum atomic E-state index is -1.22. The molecule has 10 heteroatoms. The van der Waals surface area contributed by atoms with E-state index in [1.807, 2.05) is 24.3 Å². The summed E-state index contributed by atoms with van der Waals surface area (Å²) in [6.45, 7) is 1.42. The summed E-state index contributed by atoms with van der Waals surface area (Å²) in [5, 5.41) is 15.3. The molecule has 1 atom stereocenters. The van der Waals surface area contributed by atoms with Crippen LogP contribution in [0.15, 0.2) is 66.7 Å². The molecule has 0 aliphatic heterocycles. The summed E-state index contributed by atoms with van der Waals surface area (Å²) in [6.07, 6.45) is 1.95. The summed E-state index contributed by atoms with van der Waals surface area (Å²) in [5.74, 6) is -1.36. The Morgan fingerprint density at radius 2 is 1.79 bits per heavy atom. The Hall–Kier alpha value is -4.27. The largest absolute Gasteiger partial charge is 0.449 e. The standard InChI is InChI=1S/C29H21Cl2N3O5/c1-16(28(35)33-24-8-4-5-9-25(24)34(37)38)39-29(36)26-19-6-2-3-7-23(19)32-27-18(11-12-20(26)27)14-17-10-13-21(30)22(31)15-17/h2-10,13-16H,11-12H2,1H3,(H,33,35)/b18-14+. The number of para-hydroxylation sites is 3. The van der Waals surface area contributed by atoms with E-state index in [1.54, 1.807) is 30.3 Å². The van der Waals surface area contributed by atoms with Crippen molar-refractivity contribution in [3.05, 3.63) is 109 Å². The van der Waals surface area contributed by atoms with E-state index in [4.69, 9.17) is 32.9 Å². The molecule has 3 aromatic carbocycles. The first-order valence-corrected chi connectivity index (χ1v) is 12.8. The smallest absolute Gasteiger partial charge is 0.339 e. The Kier molecular flexibility index (Phi) is 7.32. The molecule has 0 saturated carbocycles. The molecule has 1 aromatic heterocycles. The van der Waals surface area contributed by atoms with Crippen molar-refractivity contribution in [1.29, 1.82) is 0 Å². The van der Waals surface area contributed by atoms with E-state index in [2.05, 4.69) is 5.32 Å². The number of hydrogen-bond donors (Lipinski definition) is 1. The topological polar surface area (TPSA) is 111 Å². The van der Waals surface area contributed by atoms with Gasteiger partial charge in [0.25, 0.3) is 11.6 Å². The van der Waals surface area contributed by atoms with E-state index in [1.165, 1.54) is 25.1 Å². The van der Waals surface area contributed by atoms with Crippen LogP contribution in [0.4, 0.5) is 11.4 Å². The third-order valence-corrected chi connectivity index (χ3v) is 7.18. The highest BCUT2D eigenvalue weighted by molar-refractivity contribution is 6.42. The molecule has 196 valence electrons. The second-order valence-corrected chi connectivity index (χ2v) is 9.80. The van der Waals surface area contributed by atoms with Crippen LogP contribution in [0.25, 0.3) is 22.6 Å². The van der Waals surface area contributed by atoms with Crippen LogP contribution in [0.1, 0.15) is 40.5 Å². The fourth-order valence-corrected chi connectivity index (χ4v) is 4.87. The Bertz CT molecular complexity index is 1690. The minimum absolute atomic E-state index is 0.0164. The fraction of sp³-hybridized carbons (Fsp3) is 0.138. The first-order valence-electron chi connectivity index (χ1n) is 12.1. The van der Waals surface area contributed by atoms with Crippen molar-refractivity contribution in [2.75, 3.05) is 5.32 Å². The zero-order valence-corrected chi connectivity index (χ0v) is 22.1. The van der Waals surface area contributed by atoms with E-state index in [9.17, 15) is 19.7 Å². The molecule has 8 nitrogen and oxygen atoms in total. The number of benzene rings is 3. The lowest BCUT2D eigenvalue weighted by Crippen LogP contribution is -2.30. The SMILES string of the molecule is CC(OC(=O)c1c2c(nc3ccccc13)/C(=C/c1ccc(Cl)c(Cl)c1)CC2)C(=O)Nc1ccccc1[N+](=O)[O-]. The Morgan fingerprint density at radius 3 is 2.56 bits per heavy atom. The number of allylic oxidation sites excluding steroid dienone is 1. The van der Waals surface area contributed by atoms with Gasteiger partial charge in [0.05, 0.1) is 31.7 Å². The average molecular weight is 562 g/mol. The predicted octanol–water partition coefficient (Wildman–Crippen LogP) is 7.12. The normalized spacial score (nSPS) is 14.2. The number of esters is 1. The second kappa shape index (κ2) is 10.8. The number of anilines is 1. The van der Waals surface area contributed by atoms with Crippen LogP contribution in [0.2, 0.25) is 10.0 Å². The van der Waals surface area contributed by atoms with Gasteiger partial charge in [-0.15, -0.1) is 0 Å². The van der Waals surface area contributed by atoms with Gasteiger partial charge in [-0.3, -0.25) is 14.9 Å². The Morgan fingerprint density at radius 1 is 1.05 bits per heavy atom. The molecule has 0 radical (unpaired) electrons. The zero-order valence-electron chi connectivity index (χ0n) is 20.6. The molecule has 0 fully saturated rings. The first kappa shape index (κ1) is 26.3. The zero-order chi connectivity index (χ0) is 27.7. The molecule has 0 saturated heterocycles. The van der Waals surface area contributed by atoms with Gasteiger partial charge in [-0.2, -0.15) is 0 Å². The number of hydrogen-bond acceptors (Lipinski definition) is 6. The van der Waals surface area contributed by atoms with Gasteiger partial charge in [-0.1, -0.05) is 59.6 Å². The lowest BCUT2D eigenvalue weighted by Gasteiger charge is -2.16. The average Bonchev–Trinajstić information content (AvgIpc) is 3.31. The number of carbonyl (C=O) groups is 2. The number of amides is 1. The summed E-state index contributed by atoms with van der Waals surface area (Å²) in [4.78, 5) is 41.9. The number of nitrogens with one attached hydrogen (secondary N) is 1. The number of fused-ring (bicyclic) bond motifs is 2. The van der Waals surface area contributed by atoms with Crippen LogP contribution in [0.5, 0.6) is 0 Å². The van der Waals surface area contributed by atoms with Crippen molar-refractivity contribution in [3.8, 4) is 0 Å². The monoisotopic (exact) mass is 561 g/mol. The van der Waals surface area contributed by atoms with Gasteiger partial charge in [0, 0.05) is 11.5 Å². The highest BCUT2D eigenvalue weighted by Gasteiger charge is 2.30. The van der Waals surface area contributed by atoms with Gasteiger partial charge in [-0.25, -0.2) is 9.78 Å². The molecule has 0 bridgehead atoms. The molecule has 39 heavy (non-hydrogen) atoms. The molecular weight excluding hydrogens is 541 g/mol. The van der Waals surface area contributed by atoms with E-state index in [0.717, 1.165) is 16.7 Å². The molecule has 5 rings (SSSR count). The van der Waals surface area contributed by atoms with Crippen molar-refractivity contribution >= 4 is 69.0 Å². The van der Waals surface area contributed by atoms with Gasteiger partial charge in [-0.05, 0) is 66.8 Å². The molecule has 1 amide bonds. The molecule has 1 heterocycles. The predicted molar refractivity (Wildman–Crippen MR) is 151 cm³/mol. The van der Waals surface area contributed by atoms with Crippen LogP contribution in [-0.2, 0) is 16.0 Å². The second-order valence-electron chi connectivity index (χ2n) is 8.99. The first-order chi connectivity index (χ1) is 18.7. The molecule has 4 aromatic rings. The highest BCUT2D eigenvalue weighted by Crippen LogP contribution is 2.38. The minimum Gasteiger partial charge on any atom is -0.449 e. The van der Waals surface area contributed by atoms with Crippen LogP contribution in [0, 0.1) is 10.1 Å². The number of pyridine rings is 1. The summed E-state index contributed by atoms with van der Waals surface area (Å²) >= 11 is 12.2. The maximum absolute atomic E-state index is 13.5. The number of carbonyl (C=O) groups excluding carboxylic acids is 2. The van der Waals surface area contributed by atoms with Crippen LogP contribution < -0.4 is 5.32 Å². The summed E-state index contributed by atoms with van der Waals surface area (Å²) in [7, 11) is 0. The number of nitrogens with zero attached hydrogens (tertiary/aromatic N) is 2. The Balaban J connectivity index is 1.46. The van der Waals surface area contributed by atoms with Gasteiger partial charge in [0.2, 0.25) is 0 Å². The lowest BCUT2D eigenvalue weighted by molar-refractivity contribution is -0.383. The summed E-state index contributed by atoms with van der Waals surface area (Å²) < 4.78 is 5.59. The summed E-state index contributed by atoms with van der Waals surface area (Å²) in [6, 6.07) is 18.3. The van der Waals surface area contributed by atoms with Crippen LogP contribution in [-0.4, -0.2) is 27.9 Å². The molecule has 1 unspecified atom stereocenters. The maximum Gasteiger partial charge on any atom is 0.339 e. The molecular formula is C29H21Cl2N3O5. The third-order valence-electron chi connectivity index (χ3n) is 6.44. The van der Waals surface area contributed by atoms with Gasteiger partial charge in [0.1, 0.15) is 5.69 Å². The van der Waals surface area contributed by atoms with Crippen molar-refractivity contribution in [3.63, 3.8) is 0 Å². The quantitative estimate of drug-likeness (QED) is 0.152. The molecule has 1 N–H and O–H groups in total. The number of rotatable bonds is 6. The van der Waals surface area contributed by atoms with Crippen LogP contribution in [0.3, 0.4) is 0 Å². The van der Waals surface area contributed by atoms with E-state index in [-0.39, 0.29) is 11.4 Å². The van der Waals surface area contributed by atoms with Gasteiger partial charge >= 0.3 is 5.97 Å². The van der Waals surface area contributed by atoms with Gasteiger partial charge in [0.15, 0.2) is 6.10 Å². The number of nitro groups is 1. The Labute approximate surface area is 233 Å². The van der Waals surface area contributed by atoms with Crippen molar-refractivity contribution < 1.29 is 19.2 Å². The number of nitro benzene ring substituents is 1. The third kappa shape index (κ3) is 5.34. The van der Waals surface area contributed by atoms with Gasteiger partial charge < -0.3 is 10.1 Å². The van der Waals surface area contributed by atoms with Crippen molar-refractivity contribution in [2.24, 2.45) is 0 Å². The van der Waals surface area contributed by atoms with E-state index in [0.29, 0.717) is 45.0 Å². The van der Waals surface area contributed by atoms with Crippen molar-refractivity contribution in [1.82, 2.24) is 4.98 Å². The van der Waals surface area contributed by atoms with Crippen LogP contribution >= 0.6 is 23.2 Å². The fourth-order valence-electron chi connectivity index (χ4n) is 4.56. The van der Waals surface area contributed by atoms with E-state index < -0.39 is 22.9 Å². The molecule has 1 aliphatic carbocycles. The number of ether oxygens (including phenoxy) is 1. The lowest BCUT2D eigenvalue weighted by atomic mass is 10.0. The van der Waals surface area contributed by atoms with Crippen molar-refractivity contribution in [2.45, 2.75) is 25.9 Å². The summed E-state index contributed by atoms with van der Waals surface area (Å²) in [5.41, 5.74) is 3.92. The number of halogens is 2. The molecule has 1 aliphatic rings. The van der Waals surface area contributed by atoms with E-state index >= 15 is 0 Å².